The van der Waals surface area contributed by atoms with E-state index >= 15 is 0 Å². The van der Waals surface area contributed by atoms with Gasteiger partial charge in [-0.1, -0.05) is 53.6 Å². The SMILES string of the molecule is [N-]=[N+]=N[C@@H]1c2ccccc2C(=O)N1Cc1ccccc1. The van der Waals surface area contributed by atoms with E-state index in [1.165, 1.54) is 0 Å². The van der Waals surface area contributed by atoms with Crippen LogP contribution in [0.4, 0.5) is 0 Å². The van der Waals surface area contributed by atoms with Crippen molar-refractivity contribution in [1.29, 1.82) is 0 Å². The van der Waals surface area contributed by atoms with Crippen LogP contribution in [-0.2, 0) is 6.54 Å². The smallest absolute Gasteiger partial charge is 0.255 e. The maximum atomic E-state index is 12.4. The first-order chi connectivity index (χ1) is 9.81. The van der Waals surface area contributed by atoms with Crippen LogP contribution in [-0.4, -0.2) is 10.8 Å². The topological polar surface area (TPSA) is 69.1 Å². The van der Waals surface area contributed by atoms with Crippen LogP contribution in [0.15, 0.2) is 59.7 Å². The molecule has 98 valence electrons. The fourth-order valence-corrected chi connectivity index (χ4v) is 2.46. The average molecular weight is 264 g/mol. The third kappa shape index (κ3) is 2.00. The van der Waals surface area contributed by atoms with E-state index in [2.05, 4.69) is 10.0 Å². The van der Waals surface area contributed by atoms with Crippen molar-refractivity contribution in [1.82, 2.24) is 4.90 Å². The normalized spacial score (nSPS) is 16.7. The summed E-state index contributed by atoms with van der Waals surface area (Å²) in [5.41, 5.74) is 11.1. The van der Waals surface area contributed by atoms with Crippen LogP contribution in [0.25, 0.3) is 10.4 Å². The molecule has 1 heterocycles. The molecule has 0 N–H and O–H groups in total. The largest absolute Gasteiger partial charge is 0.321 e. The maximum absolute atomic E-state index is 12.4. The summed E-state index contributed by atoms with van der Waals surface area (Å²) in [4.78, 5) is 16.9. The molecule has 0 bridgehead atoms. The molecule has 1 aliphatic heterocycles. The number of hydrogen-bond donors (Lipinski definition) is 0. The van der Waals surface area contributed by atoms with Crippen molar-refractivity contribution in [2.24, 2.45) is 5.11 Å². The van der Waals surface area contributed by atoms with Gasteiger partial charge in [0, 0.05) is 17.0 Å². The van der Waals surface area contributed by atoms with Gasteiger partial charge in [-0.2, -0.15) is 0 Å². The van der Waals surface area contributed by atoms with E-state index in [4.69, 9.17) is 5.53 Å². The second-order valence-corrected chi connectivity index (χ2v) is 4.58. The van der Waals surface area contributed by atoms with Gasteiger partial charge in [-0.3, -0.25) is 4.79 Å². The maximum Gasteiger partial charge on any atom is 0.255 e. The molecule has 20 heavy (non-hydrogen) atoms. The van der Waals surface area contributed by atoms with E-state index in [9.17, 15) is 4.79 Å². The second-order valence-electron chi connectivity index (χ2n) is 4.58. The van der Waals surface area contributed by atoms with Crippen molar-refractivity contribution in [2.75, 3.05) is 0 Å². The molecular formula is C15H12N4O. The Hall–Kier alpha value is -2.78. The lowest BCUT2D eigenvalue weighted by molar-refractivity contribution is 0.0714. The Bertz CT molecular complexity index is 692. The number of carbonyl (C=O) groups excluding carboxylic acids is 1. The van der Waals surface area contributed by atoms with Crippen LogP contribution in [0, 0.1) is 0 Å². The number of benzene rings is 2. The van der Waals surface area contributed by atoms with Crippen molar-refractivity contribution in [3.63, 3.8) is 0 Å². The average Bonchev–Trinajstić information content (AvgIpc) is 2.75. The lowest BCUT2D eigenvalue weighted by Crippen LogP contribution is -2.26. The quantitative estimate of drug-likeness (QED) is 0.474. The zero-order valence-electron chi connectivity index (χ0n) is 10.7. The molecule has 5 nitrogen and oxygen atoms in total. The van der Waals surface area contributed by atoms with Crippen molar-refractivity contribution < 1.29 is 4.79 Å². The highest BCUT2D eigenvalue weighted by atomic mass is 16.2. The highest BCUT2D eigenvalue weighted by molar-refractivity contribution is 5.99. The van der Waals surface area contributed by atoms with Crippen LogP contribution < -0.4 is 0 Å². The predicted octanol–water partition coefficient (Wildman–Crippen LogP) is 3.65. The lowest BCUT2D eigenvalue weighted by atomic mass is 10.1. The van der Waals surface area contributed by atoms with Crippen LogP contribution in [0.2, 0.25) is 0 Å². The molecule has 0 aromatic heterocycles. The van der Waals surface area contributed by atoms with E-state index in [1.54, 1.807) is 11.0 Å². The summed E-state index contributed by atoms with van der Waals surface area (Å²) in [5.74, 6) is -0.0955. The summed E-state index contributed by atoms with van der Waals surface area (Å²) in [6.45, 7) is 0.429. The van der Waals surface area contributed by atoms with Crippen molar-refractivity contribution >= 4 is 5.91 Å². The molecular weight excluding hydrogens is 252 g/mol. The summed E-state index contributed by atoms with van der Waals surface area (Å²) in [7, 11) is 0. The Kier molecular flexibility index (Phi) is 3.11. The fourth-order valence-electron chi connectivity index (χ4n) is 2.46. The Balaban J connectivity index is 1.99. The first kappa shape index (κ1) is 12.3. The highest BCUT2D eigenvalue weighted by Gasteiger charge is 2.35. The zero-order chi connectivity index (χ0) is 13.9. The molecule has 0 spiro atoms. The van der Waals surface area contributed by atoms with Crippen LogP contribution in [0.5, 0.6) is 0 Å². The summed E-state index contributed by atoms with van der Waals surface area (Å²) in [6, 6.07) is 16.9. The molecule has 2 aromatic rings. The molecule has 0 aliphatic carbocycles. The summed E-state index contributed by atoms with van der Waals surface area (Å²) in [5, 5.41) is 3.78. The number of azide groups is 1. The van der Waals surface area contributed by atoms with E-state index in [-0.39, 0.29) is 5.91 Å². The molecule has 0 unspecified atom stereocenters. The summed E-state index contributed by atoms with van der Waals surface area (Å²) in [6.07, 6.45) is -0.566. The van der Waals surface area contributed by atoms with E-state index < -0.39 is 6.17 Å². The fraction of sp³-hybridized carbons (Fsp3) is 0.133. The van der Waals surface area contributed by atoms with Crippen molar-refractivity contribution in [3.05, 3.63) is 81.7 Å². The summed E-state index contributed by atoms with van der Waals surface area (Å²) < 4.78 is 0. The van der Waals surface area contributed by atoms with Gasteiger partial charge in [0.2, 0.25) is 0 Å². The van der Waals surface area contributed by atoms with Gasteiger partial charge in [0.15, 0.2) is 0 Å². The number of nitrogens with zero attached hydrogens (tertiary/aromatic N) is 4. The number of hydrogen-bond acceptors (Lipinski definition) is 2. The Morgan fingerprint density at radius 2 is 1.80 bits per heavy atom. The van der Waals surface area contributed by atoms with Gasteiger partial charge in [-0.15, -0.1) is 0 Å². The van der Waals surface area contributed by atoms with Crippen LogP contribution in [0.1, 0.15) is 27.7 Å². The third-order valence-electron chi connectivity index (χ3n) is 3.38. The molecule has 0 saturated heterocycles. The van der Waals surface area contributed by atoms with Gasteiger partial charge in [0.1, 0.15) is 6.17 Å². The molecule has 5 heteroatoms. The van der Waals surface area contributed by atoms with E-state index in [0.717, 1.165) is 11.1 Å². The van der Waals surface area contributed by atoms with Gasteiger partial charge in [-0.05, 0) is 22.7 Å². The number of rotatable bonds is 3. The van der Waals surface area contributed by atoms with Crippen molar-refractivity contribution in [3.8, 4) is 0 Å². The first-order valence-corrected chi connectivity index (χ1v) is 6.29. The molecule has 0 saturated carbocycles. The second kappa shape index (κ2) is 5.07. The van der Waals surface area contributed by atoms with Gasteiger partial charge < -0.3 is 4.90 Å². The van der Waals surface area contributed by atoms with Gasteiger partial charge >= 0.3 is 0 Å². The lowest BCUT2D eigenvalue weighted by Gasteiger charge is -2.21. The number of amides is 1. The van der Waals surface area contributed by atoms with E-state index in [1.807, 2.05) is 48.5 Å². The minimum atomic E-state index is -0.566. The van der Waals surface area contributed by atoms with Gasteiger partial charge in [-0.25, -0.2) is 0 Å². The van der Waals surface area contributed by atoms with E-state index in [0.29, 0.717) is 12.1 Å². The molecule has 1 atom stereocenters. The van der Waals surface area contributed by atoms with Crippen LogP contribution >= 0.6 is 0 Å². The first-order valence-electron chi connectivity index (χ1n) is 6.29. The molecule has 0 fully saturated rings. The molecule has 1 aliphatic rings. The molecule has 1 amide bonds. The Labute approximate surface area is 116 Å². The highest BCUT2D eigenvalue weighted by Crippen LogP contribution is 2.35. The molecule has 2 aromatic carbocycles. The number of fused-ring (bicyclic) bond motifs is 1. The standard InChI is InChI=1S/C15H12N4O/c16-18-17-14-12-8-4-5-9-13(12)15(20)19(14)10-11-6-2-1-3-7-11/h1-9,14H,10H2/t14-/m0/s1. The summed E-state index contributed by atoms with van der Waals surface area (Å²) >= 11 is 0. The Morgan fingerprint density at radius 1 is 1.10 bits per heavy atom. The third-order valence-corrected chi connectivity index (χ3v) is 3.38. The monoisotopic (exact) mass is 264 g/mol. The zero-order valence-corrected chi connectivity index (χ0v) is 10.7. The predicted molar refractivity (Wildman–Crippen MR) is 74.6 cm³/mol. The minimum absolute atomic E-state index is 0.0955. The number of carbonyl (C=O) groups is 1. The van der Waals surface area contributed by atoms with Crippen molar-refractivity contribution in [2.45, 2.75) is 12.7 Å². The Morgan fingerprint density at radius 3 is 2.55 bits per heavy atom. The minimum Gasteiger partial charge on any atom is -0.321 e. The molecule has 3 rings (SSSR count). The molecule has 0 radical (unpaired) electrons. The van der Waals surface area contributed by atoms with Crippen LogP contribution in [0.3, 0.4) is 0 Å². The van der Waals surface area contributed by atoms with Gasteiger partial charge in [0.05, 0.1) is 0 Å². The van der Waals surface area contributed by atoms with Gasteiger partial charge in [0.25, 0.3) is 5.91 Å².